The molecule has 0 spiro atoms. The average Bonchev–Trinajstić information content (AvgIpc) is 0.745. The first-order chi connectivity index (χ1) is 66.4. The van der Waals surface area contributed by atoms with Gasteiger partial charge in [0.2, 0.25) is 35.4 Å². The molecule has 812 valence electrons. The SMILES string of the molecule is CC(=O)N[C@@H]1[C@@H](O[C@@H]2O[C@H](CO)[C@H](O)[C@H](O[C@@H]3O[C@H](CO)[C@@H](O[C@@H]4O[C@H](CO)[C@H](O)[C@H](O[C@]5(C(=O)O)C[C@H](O)[C@@H](NC(C)=O)[C@H]([C@H](O)[C@H](O)CO)O5)[C@H]4O)[C@H](O)[C@H]3NC(C)=O)[C@H]2O)[C@@H](O)[C@@H](CO[C@@H]2O[C@H](CO)[C@@H](O[C@@H]3O[C@H](CO)[C@H](O)[C@H](O[C@@H]4O[C@H](CO)[C@@H](O[C@@H]5O[C@H](CO)[C@H](O)[C@H](O[C@]6(C(=O)O)C[C@H](O)[C@@H](NC(C)=O)[C@H]([C@H](O)[C@H](O)CO)O6)[C@H]5O)[C@H](O)[C@H]4NC(C)=O)[C@H]3O)[C@H](O)[C@H]2NC(C)=O)O[C@@H]1O. The van der Waals surface area contributed by atoms with Crippen LogP contribution in [-0.4, -0.2) is 585 Å². The lowest BCUT2D eigenvalue weighted by molar-refractivity contribution is -0.390. The standard InChI is InChI=1S/C78H128N6O57/c1-19(94)79-37-25(100)7-77(75(119)120,138-61(37)43(104)27(102)9-85)140-65-47(108)31(13-89)127-73(55(65)116)133-58-34(16-92)130-69(40(51(58)112)82-22(4)97)136-63-45(106)29(11-87)125-71(53(63)114)132-57-33(15-91)129-68(39(50(57)111)81-21(3)96)123-18-36-49(110)60(42(67(118)124-36)84-24(6)99)135-72-54(115)64(46(107)30(12-88)126-72)137-70-41(83-23(5)98)52(113)59(35(17-93)131-70)134-74-56(117)66(48(109)32(14-90)128-74)141-78(76(121)122)8-26(101)38(80-20(2)95)62(139-78)44(105)28(103)10-86/h25-74,85-93,100-118H,7-18H2,1-6H3,(H,79,94)(H,80,95)(H,81,96)(H,82,97)(H,83,98)(H,84,99)(H,119,120)(H,121,122)/t25-,26-,27+,28+,29+,30+,31+,32+,33+,34+,35+,36+,37+,38+,39+,40+,41+,42+,43+,44+,45-,46-,47-,48-,49-,50+,51+,52+,53+,54+,55+,56+,57+,58+,59+,60+,61+,62+,63-,64-,65-,66-,67-,68+,69-,70-,71-,72-,73-,74-,77-,78-/m0/s1. The Morgan fingerprint density at radius 3 is 0.830 bits per heavy atom. The van der Waals surface area contributed by atoms with Crippen molar-refractivity contribution in [3.8, 4) is 0 Å². The van der Waals surface area contributed by atoms with Crippen LogP contribution in [0.1, 0.15) is 54.4 Å². The first kappa shape index (κ1) is 117. The number of rotatable bonds is 40. The maximum atomic E-state index is 13.2. The molecule has 6 amide bonds. The Kier molecular flexibility index (Phi) is 41.6. The molecule has 10 rings (SSSR count). The number of hydrogen-bond acceptors (Lipinski definition) is 55. The van der Waals surface area contributed by atoms with Gasteiger partial charge in [0.05, 0.1) is 90.4 Å². The van der Waals surface area contributed by atoms with Crippen molar-refractivity contribution in [3.63, 3.8) is 0 Å². The molecule has 10 fully saturated rings. The molecule has 0 aromatic carbocycles. The molecular weight excluding hydrogens is 1930 g/mol. The third-order valence-corrected chi connectivity index (χ3v) is 25.2. The van der Waals surface area contributed by atoms with Gasteiger partial charge in [0.1, 0.15) is 232 Å². The molecule has 0 aliphatic carbocycles. The van der Waals surface area contributed by atoms with Crippen molar-refractivity contribution >= 4 is 47.4 Å². The van der Waals surface area contributed by atoms with Crippen LogP contribution in [0.3, 0.4) is 0 Å². The van der Waals surface area contributed by atoms with Crippen LogP contribution in [-0.2, 0) is 128 Å². The summed E-state index contributed by atoms with van der Waals surface area (Å²) in [7, 11) is 0. The van der Waals surface area contributed by atoms with Crippen molar-refractivity contribution in [1.29, 1.82) is 0 Å². The van der Waals surface area contributed by atoms with E-state index in [1.165, 1.54) is 0 Å². The third kappa shape index (κ3) is 26.1. The Morgan fingerprint density at radius 1 is 0.291 bits per heavy atom. The van der Waals surface area contributed by atoms with E-state index in [4.69, 9.17) is 90.0 Å². The summed E-state index contributed by atoms with van der Waals surface area (Å²) < 4.78 is 111. The number of carbonyl (C=O) groups is 8. The molecule has 10 heterocycles. The molecule has 0 saturated carbocycles. The van der Waals surface area contributed by atoms with E-state index in [9.17, 15) is 192 Å². The smallest absolute Gasteiger partial charge is 0.364 e. The molecule has 36 N–H and O–H groups in total. The van der Waals surface area contributed by atoms with E-state index in [2.05, 4.69) is 31.9 Å². The van der Waals surface area contributed by atoms with Gasteiger partial charge in [0.25, 0.3) is 11.6 Å². The van der Waals surface area contributed by atoms with Gasteiger partial charge in [-0.1, -0.05) is 0 Å². The predicted octanol–water partition coefficient (Wildman–Crippen LogP) is -23.5. The molecule has 52 atom stereocenters. The van der Waals surface area contributed by atoms with E-state index >= 15 is 0 Å². The number of hydrogen-bond donors (Lipinski definition) is 36. The highest BCUT2D eigenvalue weighted by Crippen LogP contribution is 2.44. The van der Waals surface area contributed by atoms with Gasteiger partial charge in [-0.15, -0.1) is 0 Å². The summed E-state index contributed by atoms with van der Waals surface area (Å²) in [6, 6.07) is -11.4. The summed E-state index contributed by atoms with van der Waals surface area (Å²) in [4.78, 5) is 103. The number of aliphatic hydroxyl groups is 28. The summed E-state index contributed by atoms with van der Waals surface area (Å²) in [5, 5.41) is 350. The molecule has 10 aliphatic rings. The third-order valence-electron chi connectivity index (χ3n) is 25.2. The Bertz CT molecular complexity index is 4060. The van der Waals surface area contributed by atoms with Gasteiger partial charge in [-0.05, 0) is 0 Å². The molecule has 141 heavy (non-hydrogen) atoms. The topological polar surface area (TPSA) is 991 Å². The Balaban J connectivity index is 0.825. The number of aliphatic carboxylic acids is 2. The number of aliphatic hydroxyl groups excluding tert-OH is 28. The van der Waals surface area contributed by atoms with Crippen LogP contribution in [0, 0.1) is 0 Å². The van der Waals surface area contributed by atoms with Gasteiger partial charge in [-0.2, -0.15) is 0 Å². The number of amides is 6. The number of nitrogens with one attached hydrogen (secondary N) is 6. The van der Waals surface area contributed by atoms with E-state index in [0.717, 1.165) is 41.5 Å². The Labute approximate surface area is 796 Å². The van der Waals surface area contributed by atoms with Crippen LogP contribution in [0.15, 0.2) is 0 Å². The van der Waals surface area contributed by atoms with E-state index in [1.54, 1.807) is 0 Å². The molecule has 10 saturated heterocycles. The summed E-state index contributed by atoms with van der Waals surface area (Å²) in [6.07, 6.45) is -99.3. The number of carbonyl (C=O) groups excluding carboxylic acids is 6. The van der Waals surface area contributed by atoms with Crippen molar-refractivity contribution in [2.75, 3.05) is 66.1 Å². The molecule has 63 heteroatoms. The van der Waals surface area contributed by atoms with Gasteiger partial charge in [-0.3, -0.25) is 28.8 Å². The molecule has 0 bridgehead atoms. The summed E-state index contributed by atoms with van der Waals surface area (Å²) in [5.41, 5.74) is 0. The first-order valence-corrected chi connectivity index (χ1v) is 44.4. The largest absolute Gasteiger partial charge is 0.477 e. The highest BCUT2D eigenvalue weighted by Gasteiger charge is 2.66. The van der Waals surface area contributed by atoms with Crippen molar-refractivity contribution in [1.82, 2.24) is 31.9 Å². The van der Waals surface area contributed by atoms with Gasteiger partial charge in [-0.25, -0.2) is 9.59 Å². The fourth-order valence-corrected chi connectivity index (χ4v) is 18.2. The van der Waals surface area contributed by atoms with E-state index < -0.39 is 444 Å². The quantitative estimate of drug-likeness (QED) is 0.0271. The van der Waals surface area contributed by atoms with Crippen LogP contribution < -0.4 is 31.9 Å². The molecule has 0 radical (unpaired) electrons. The van der Waals surface area contributed by atoms with E-state index in [-0.39, 0.29) is 0 Å². The Hall–Kier alpha value is -6.12. The van der Waals surface area contributed by atoms with Gasteiger partial charge >= 0.3 is 11.9 Å². The van der Waals surface area contributed by atoms with Crippen LogP contribution in [0.2, 0.25) is 0 Å². The average molecular weight is 2060 g/mol. The molecule has 10 aliphatic heterocycles. The molecule has 0 unspecified atom stereocenters. The van der Waals surface area contributed by atoms with Crippen molar-refractivity contribution in [3.05, 3.63) is 0 Å². The zero-order chi connectivity index (χ0) is 105. The molecule has 63 nitrogen and oxygen atoms in total. The first-order valence-electron chi connectivity index (χ1n) is 44.4. The lowest BCUT2D eigenvalue weighted by Crippen LogP contribution is -2.71. The zero-order valence-corrected chi connectivity index (χ0v) is 75.8. The van der Waals surface area contributed by atoms with E-state index in [1.807, 2.05) is 0 Å². The summed E-state index contributed by atoms with van der Waals surface area (Å²) in [5.74, 6) is -16.6. The number of ether oxygens (including phenoxy) is 19. The minimum Gasteiger partial charge on any atom is -0.477 e. The minimum atomic E-state index is -3.29. The molecular formula is C78H128N6O57. The monoisotopic (exact) mass is 2060 g/mol. The Morgan fingerprint density at radius 2 is 0.539 bits per heavy atom. The second-order valence-corrected chi connectivity index (χ2v) is 35.3. The lowest BCUT2D eigenvalue weighted by atomic mass is 9.88. The summed E-state index contributed by atoms with van der Waals surface area (Å²) >= 11 is 0. The molecule has 0 aromatic rings. The second-order valence-electron chi connectivity index (χ2n) is 35.3. The number of carboxylic acids is 2. The van der Waals surface area contributed by atoms with Gasteiger partial charge in [0, 0.05) is 54.4 Å². The minimum absolute atomic E-state index is 0.874. The van der Waals surface area contributed by atoms with E-state index in [0.29, 0.717) is 0 Å². The van der Waals surface area contributed by atoms with Crippen molar-refractivity contribution < 1.29 is 282 Å². The maximum absolute atomic E-state index is 13.2. The number of carboxylic acid groups (broad SMARTS) is 2. The highest BCUT2D eigenvalue weighted by molar-refractivity contribution is 5.78. The second kappa shape index (κ2) is 50.3. The molecule has 0 aromatic heterocycles. The maximum Gasteiger partial charge on any atom is 0.364 e. The van der Waals surface area contributed by atoms with Crippen molar-refractivity contribution in [2.24, 2.45) is 0 Å². The van der Waals surface area contributed by atoms with Crippen LogP contribution in [0.25, 0.3) is 0 Å². The van der Waals surface area contributed by atoms with Crippen molar-refractivity contribution in [2.45, 2.75) is 372 Å². The normalized spacial score (nSPS) is 45.4. The van der Waals surface area contributed by atoms with Crippen LogP contribution >= 0.6 is 0 Å². The zero-order valence-electron chi connectivity index (χ0n) is 75.8. The predicted molar refractivity (Wildman–Crippen MR) is 434 cm³/mol. The fraction of sp³-hybridized carbons (Fsp3) is 0.897. The highest BCUT2D eigenvalue weighted by atomic mass is 16.8. The van der Waals surface area contributed by atoms with Gasteiger partial charge < -0.3 is 275 Å². The van der Waals surface area contributed by atoms with Gasteiger partial charge in [0.15, 0.2) is 50.3 Å². The fourth-order valence-electron chi connectivity index (χ4n) is 18.2. The van der Waals surface area contributed by atoms with Crippen LogP contribution in [0.4, 0.5) is 0 Å². The lowest BCUT2D eigenvalue weighted by Gasteiger charge is -2.51. The van der Waals surface area contributed by atoms with Crippen LogP contribution in [0.5, 0.6) is 0 Å². The summed E-state index contributed by atoms with van der Waals surface area (Å²) in [6.45, 7) is -6.42.